The third kappa shape index (κ3) is 5.51. The van der Waals surface area contributed by atoms with Gasteiger partial charge in [0.25, 0.3) is 11.8 Å². The number of ether oxygens (including phenoxy) is 1. The molecule has 0 radical (unpaired) electrons. The molecule has 0 saturated carbocycles. The highest BCUT2D eigenvalue weighted by Gasteiger charge is 2.24. The Hall–Kier alpha value is -2.53. The van der Waals surface area contributed by atoms with E-state index in [0.29, 0.717) is 24.4 Å². The molecule has 154 valence electrons. The standard InChI is InChI=1S/C23H27ClN2O3/c1-15-4-6-18(7-5-15)23(28)25-19-8-10-26(11-9-19)21(27)14-29-20-12-16(2)22(24)17(3)13-20/h4-7,12-13,19H,8-11,14H2,1-3H3,(H,25,28). The fraction of sp³-hybridized carbons (Fsp3) is 0.391. The second-order valence-corrected chi connectivity index (χ2v) is 8.03. The van der Waals surface area contributed by atoms with Gasteiger partial charge < -0.3 is 15.0 Å². The fourth-order valence-electron chi connectivity index (χ4n) is 3.47. The Balaban J connectivity index is 1.45. The van der Waals surface area contributed by atoms with Crippen LogP contribution in [-0.4, -0.2) is 42.5 Å². The van der Waals surface area contributed by atoms with Crippen LogP contribution in [0, 0.1) is 20.8 Å². The van der Waals surface area contributed by atoms with Gasteiger partial charge in [-0.15, -0.1) is 0 Å². The molecule has 0 atom stereocenters. The van der Waals surface area contributed by atoms with E-state index in [0.717, 1.165) is 34.6 Å². The smallest absolute Gasteiger partial charge is 0.260 e. The number of carbonyl (C=O) groups is 2. The van der Waals surface area contributed by atoms with E-state index in [1.54, 1.807) is 4.90 Å². The highest BCUT2D eigenvalue weighted by molar-refractivity contribution is 6.32. The molecule has 1 fully saturated rings. The quantitative estimate of drug-likeness (QED) is 0.802. The molecular formula is C23H27ClN2O3. The van der Waals surface area contributed by atoms with Gasteiger partial charge in [-0.25, -0.2) is 0 Å². The number of amides is 2. The molecule has 2 amide bonds. The Morgan fingerprint density at radius 1 is 1.07 bits per heavy atom. The van der Waals surface area contributed by atoms with Gasteiger partial charge >= 0.3 is 0 Å². The average Bonchev–Trinajstić information content (AvgIpc) is 2.71. The first-order valence-electron chi connectivity index (χ1n) is 9.88. The topological polar surface area (TPSA) is 58.6 Å². The second kappa shape index (κ2) is 9.31. The third-order valence-electron chi connectivity index (χ3n) is 5.27. The summed E-state index contributed by atoms with van der Waals surface area (Å²) in [6.45, 7) is 7.05. The van der Waals surface area contributed by atoms with Crippen molar-refractivity contribution in [2.45, 2.75) is 39.7 Å². The molecule has 3 rings (SSSR count). The Bertz CT molecular complexity index is 864. The van der Waals surface area contributed by atoms with Crippen LogP contribution >= 0.6 is 11.6 Å². The molecular weight excluding hydrogens is 388 g/mol. The van der Waals surface area contributed by atoms with E-state index in [4.69, 9.17) is 16.3 Å². The van der Waals surface area contributed by atoms with Crippen molar-refractivity contribution in [1.82, 2.24) is 10.2 Å². The molecule has 5 nitrogen and oxygen atoms in total. The fourth-order valence-corrected chi connectivity index (χ4v) is 3.58. The number of halogens is 1. The van der Waals surface area contributed by atoms with E-state index in [1.807, 2.05) is 57.2 Å². The highest BCUT2D eigenvalue weighted by atomic mass is 35.5. The van der Waals surface area contributed by atoms with Crippen LogP contribution in [0.1, 0.15) is 39.9 Å². The first-order valence-corrected chi connectivity index (χ1v) is 10.3. The van der Waals surface area contributed by atoms with Crippen LogP contribution < -0.4 is 10.1 Å². The predicted octanol–water partition coefficient (Wildman–Crippen LogP) is 4.07. The van der Waals surface area contributed by atoms with E-state index in [-0.39, 0.29) is 24.5 Å². The zero-order chi connectivity index (χ0) is 21.0. The van der Waals surface area contributed by atoms with E-state index >= 15 is 0 Å². The highest BCUT2D eigenvalue weighted by Crippen LogP contribution is 2.26. The predicted molar refractivity (Wildman–Crippen MR) is 115 cm³/mol. The van der Waals surface area contributed by atoms with Crippen LogP contribution in [0.15, 0.2) is 36.4 Å². The number of aryl methyl sites for hydroxylation is 3. The summed E-state index contributed by atoms with van der Waals surface area (Å²) in [5.41, 5.74) is 3.65. The van der Waals surface area contributed by atoms with Crippen LogP contribution in [0.4, 0.5) is 0 Å². The summed E-state index contributed by atoms with van der Waals surface area (Å²) in [5.74, 6) is 0.545. The van der Waals surface area contributed by atoms with E-state index < -0.39 is 0 Å². The van der Waals surface area contributed by atoms with Crippen molar-refractivity contribution < 1.29 is 14.3 Å². The molecule has 1 N–H and O–H groups in total. The Morgan fingerprint density at radius 2 is 1.66 bits per heavy atom. The van der Waals surface area contributed by atoms with Gasteiger partial charge in [-0.2, -0.15) is 0 Å². The van der Waals surface area contributed by atoms with Gasteiger partial charge in [0.05, 0.1) is 0 Å². The lowest BCUT2D eigenvalue weighted by Crippen LogP contribution is -2.47. The lowest BCUT2D eigenvalue weighted by Gasteiger charge is -2.32. The molecule has 1 aliphatic heterocycles. The van der Waals surface area contributed by atoms with Crippen molar-refractivity contribution in [2.24, 2.45) is 0 Å². The van der Waals surface area contributed by atoms with Gasteiger partial charge in [0.15, 0.2) is 6.61 Å². The van der Waals surface area contributed by atoms with E-state index in [2.05, 4.69) is 5.32 Å². The Morgan fingerprint density at radius 3 is 2.24 bits per heavy atom. The number of hydrogen-bond acceptors (Lipinski definition) is 3. The van der Waals surface area contributed by atoms with Crippen LogP contribution in [0.3, 0.4) is 0 Å². The molecule has 0 spiro atoms. The summed E-state index contributed by atoms with van der Waals surface area (Å²) < 4.78 is 5.68. The summed E-state index contributed by atoms with van der Waals surface area (Å²) in [7, 11) is 0. The van der Waals surface area contributed by atoms with Gasteiger partial charge in [0.1, 0.15) is 5.75 Å². The molecule has 2 aromatic carbocycles. The van der Waals surface area contributed by atoms with E-state index in [1.165, 1.54) is 0 Å². The van der Waals surface area contributed by atoms with Crippen LogP contribution in [0.25, 0.3) is 0 Å². The monoisotopic (exact) mass is 414 g/mol. The first kappa shape index (κ1) is 21.2. The van der Waals surface area contributed by atoms with Gasteiger partial charge in [0.2, 0.25) is 0 Å². The van der Waals surface area contributed by atoms with Crippen molar-refractivity contribution in [2.75, 3.05) is 19.7 Å². The molecule has 0 aromatic heterocycles. The molecule has 6 heteroatoms. The van der Waals surface area contributed by atoms with Crippen LogP contribution in [0.5, 0.6) is 5.75 Å². The molecule has 0 aliphatic carbocycles. The second-order valence-electron chi connectivity index (χ2n) is 7.65. The minimum atomic E-state index is -0.0633. The Labute approximate surface area is 177 Å². The van der Waals surface area contributed by atoms with Crippen LogP contribution in [0.2, 0.25) is 5.02 Å². The summed E-state index contributed by atoms with van der Waals surface area (Å²) in [6, 6.07) is 11.3. The molecule has 29 heavy (non-hydrogen) atoms. The number of nitrogens with zero attached hydrogens (tertiary/aromatic N) is 1. The summed E-state index contributed by atoms with van der Waals surface area (Å²) in [6.07, 6.45) is 1.48. The maximum Gasteiger partial charge on any atom is 0.260 e. The molecule has 1 saturated heterocycles. The number of likely N-dealkylation sites (tertiary alicyclic amines) is 1. The summed E-state index contributed by atoms with van der Waals surface area (Å²) in [4.78, 5) is 26.6. The van der Waals surface area contributed by atoms with Crippen LogP contribution in [-0.2, 0) is 4.79 Å². The minimum absolute atomic E-state index is 0.000897. The molecule has 0 bridgehead atoms. The summed E-state index contributed by atoms with van der Waals surface area (Å²) in [5, 5.41) is 3.79. The lowest BCUT2D eigenvalue weighted by molar-refractivity contribution is -0.134. The number of carbonyl (C=O) groups excluding carboxylic acids is 2. The van der Waals surface area contributed by atoms with Crippen molar-refractivity contribution in [3.05, 3.63) is 63.7 Å². The van der Waals surface area contributed by atoms with Gasteiger partial charge in [0, 0.05) is 29.7 Å². The number of rotatable bonds is 5. The normalized spacial score (nSPS) is 14.6. The van der Waals surface area contributed by atoms with Gasteiger partial charge in [-0.1, -0.05) is 29.3 Å². The zero-order valence-electron chi connectivity index (χ0n) is 17.1. The van der Waals surface area contributed by atoms with Gasteiger partial charge in [-0.05, 0) is 69.0 Å². The molecule has 1 heterocycles. The lowest BCUT2D eigenvalue weighted by atomic mass is 10.0. The van der Waals surface area contributed by atoms with Gasteiger partial charge in [-0.3, -0.25) is 9.59 Å². The number of hydrogen-bond donors (Lipinski definition) is 1. The summed E-state index contributed by atoms with van der Waals surface area (Å²) >= 11 is 6.17. The average molecular weight is 415 g/mol. The maximum atomic E-state index is 12.5. The van der Waals surface area contributed by atoms with E-state index in [9.17, 15) is 9.59 Å². The SMILES string of the molecule is Cc1ccc(C(=O)NC2CCN(C(=O)COc3cc(C)c(Cl)c(C)c3)CC2)cc1. The molecule has 2 aromatic rings. The molecule has 1 aliphatic rings. The number of nitrogens with one attached hydrogen (secondary N) is 1. The number of piperidine rings is 1. The largest absolute Gasteiger partial charge is 0.484 e. The minimum Gasteiger partial charge on any atom is -0.484 e. The Kier molecular flexibility index (Phi) is 6.80. The first-order chi connectivity index (χ1) is 13.8. The third-order valence-corrected chi connectivity index (χ3v) is 5.87. The van der Waals surface area contributed by atoms with Crippen molar-refractivity contribution >= 4 is 23.4 Å². The van der Waals surface area contributed by atoms with Crippen molar-refractivity contribution in [1.29, 1.82) is 0 Å². The van der Waals surface area contributed by atoms with Crippen molar-refractivity contribution in [3.63, 3.8) is 0 Å². The van der Waals surface area contributed by atoms with Crippen molar-refractivity contribution in [3.8, 4) is 5.75 Å². The maximum absolute atomic E-state index is 12.5. The number of benzene rings is 2. The molecule has 0 unspecified atom stereocenters. The zero-order valence-corrected chi connectivity index (χ0v) is 17.9.